The summed E-state index contributed by atoms with van der Waals surface area (Å²) in [5.41, 5.74) is 8.48. The van der Waals surface area contributed by atoms with E-state index in [2.05, 4.69) is 10.6 Å². The minimum Gasteiger partial charge on any atom is -0.449 e. The molecule has 0 bridgehead atoms. The number of benzene rings is 5. The molecule has 6 rings (SSSR count). The molecule has 0 fully saturated rings. The Hall–Kier alpha value is -5.74. The smallest absolute Gasteiger partial charge is 0.407 e. The van der Waals surface area contributed by atoms with E-state index in [1.165, 1.54) is 24.3 Å². The fourth-order valence-corrected chi connectivity index (χ4v) is 6.91. The third kappa shape index (κ3) is 7.55. The van der Waals surface area contributed by atoms with Crippen molar-refractivity contribution in [3.63, 3.8) is 0 Å². The fraction of sp³-hybridized carbons (Fsp3) is 0.154. The number of ether oxygens (including phenoxy) is 1. The number of hydrogen-bond donors (Lipinski definition) is 3. The van der Waals surface area contributed by atoms with Crippen LogP contribution in [-0.2, 0) is 19.6 Å². The molecule has 1 aliphatic rings. The molecule has 5 aromatic rings. The normalized spacial score (nSPS) is 12.1. The molecular weight excluding hydrogens is 639 g/mol. The van der Waals surface area contributed by atoms with Crippen molar-refractivity contribution in [2.75, 3.05) is 13.2 Å². The van der Waals surface area contributed by atoms with Gasteiger partial charge in [-0.15, -0.1) is 0 Å². The number of alkyl carbamates (subject to hydrolysis) is 1. The Morgan fingerprint density at radius 3 is 1.73 bits per heavy atom. The van der Waals surface area contributed by atoms with Crippen molar-refractivity contribution >= 4 is 27.9 Å². The molecule has 0 unspecified atom stereocenters. The number of sulfonamides is 1. The van der Waals surface area contributed by atoms with Crippen molar-refractivity contribution in [1.82, 2.24) is 15.4 Å². The highest BCUT2D eigenvalue weighted by Crippen LogP contribution is 2.44. The van der Waals surface area contributed by atoms with Crippen molar-refractivity contribution < 1.29 is 27.5 Å². The van der Waals surface area contributed by atoms with Crippen LogP contribution in [0.4, 0.5) is 4.79 Å². The van der Waals surface area contributed by atoms with Crippen LogP contribution in [0.3, 0.4) is 0 Å². The molecule has 3 amide bonds. The second-order valence-electron chi connectivity index (χ2n) is 12.0. The average molecular weight is 674 g/mol. The molecule has 1 aliphatic carbocycles. The predicted molar refractivity (Wildman–Crippen MR) is 187 cm³/mol. The van der Waals surface area contributed by atoms with Gasteiger partial charge in [0.1, 0.15) is 13.2 Å². The molecule has 0 radical (unpaired) electrons. The van der Waals surface area contributed by atoms with Crippen LogP contribution in [0.25, 0.3) is 11.1 Å². The molecule has 0 aromatic heterocycles. The summed E-state index contributed by atoms with van der Waals surface area (Å²) >= 11 is 0. The Balaban J connectivity index is 1.03. The van der Waals surface area contributed by atoms with Crippen LogP contribution in [0, 0.1) is 13.8 Å². The first-order valence-corrected chi connectivity index (χ1v) is 17.3. The van der Waals surface area contributed by atoms with Crippen LogP contribution in [0.15, 0.2) is 126 Å². The van der Waals surface area contributed by atoms with Gasteiger partial charge in [0, 0.05) is 11.5 Å². The average Bonchev–Trinajstić information content (AvgIpc) is 3.43. The van der Waals surface area contributed by atoms with Crippen molar-refractivity contribution in [2.24, 2.45) is 0 Å². The van der Waals surface area contributed by atoms with Crippen LogP contribution >= 0.6 is 0 Å². The monoisotopic (exact) mass is 673 g/mol. The summed E-state index contributed by atoms with van der Waals surface area (Å²) in [4.78, 5) is 38.0. The number of nitrogens with one attached hydrogen (secondary N) is 3. The number of rotatable bonds is 10. The third-order valence-electron chi connectivity index (χ3n) is 8.51. The maximum Gasteiger partial charge on any atom is 0.407 e. The zero-order chi connectivity index (χ0) is 34.5. The van der Waals surface area contributed by atoms with Crippen LogP contribution in [-0.4, -0.2) is 39.5 Å². The molecule has 0 saturated carbocycles. The zero-order valence-electron chi connectivity index (χ0n) is 27.0. The number of carbonyl (C=O) groups excluding carboxylic acids is 3. The summed E-state index contributed by atoms with van der Waals surface area (Å²) < 4.78 is 33.2. The van der Waals surface area contributed by atoms with Crippen molar-refractivity contribution in [3.05, 3.63) is 160 Å². The Bertz CT molecular complexity index is 2020. The van der Waals surface area contributed by atoms with Crippen molar-refractivity contribution in [1.29, 1.82) is 0 Å². The van der Waals surface area contributed by atoms with Crippen LogP contribution in [0.1, 0.15) is 55.7 Å². The zero-order valence-corrected chi connectivity index (χ0v) is 27.8. The predicted octanol–water partition coefficient (Wildman–Crippen LogP) is 6.17. The van der Waals surface area contributed by atoms with Crippen molar-refractivity contribution in [2.45, 2.75) is 30.7 Å². The molecule has 0 aliphatic heterocycles. The Kier molecular flexibility index (Phi) is 9.59. The van der Waals surface area contributed by atoms with Crippen LogP contribution in [0.5, 0.6) is 0 Å². The van der Waals surface area contributed by atoms with Gasteiger partial charge in [-0.3, -0.25) is 9.59 Å². The third-order valence-corrected chi connectivity index (χ3v) is 9.90. The van der Waals surface area contributed by atoms with E-state index in [9.17, 15) is 22.8 Å². The lowest BCUT2D eigenvalue weighted by molar-refractivity contribution is -0.118. The van der Waals surface area contributed by atoms with Crippen LogP contribution < -0.4 is 15.4 Å². The van der Waals surface area contributed by atoms with Gasteiger partial charge in [0.2, 0.25) is 0 Å². The highest BCUT2D eigenvalue weighted by Gasteiger charge is 2.29. The number of carbonyl (C=O) groups is 3. The maximum absolute atomic E-state index is 13.3. The minimum absolute atomic E-state index is 0.0521. The molecule has 49 heavy (non-hydrogen) atoms. The lowest BCUT2D eigenvalue weighted by Gasteiger charge is -2.20. The first kappa shape index (κ1) is 33.2. The summed E-state index contributed by atoms with van der Waals surface area (Å²) in [5, 5.41) is 5.36. The molecule has 5 aromatic carbocycles. The van der Waals surface area contributed by atoms with Gasteiger partial charge in [-0.05, 0) is 71.5 Å². The Morgan fingerprint density at radius 1 is 0.694 bits per heavy atom. The van der Waals surface area contributed by atoms with E-state index in [-0.39, 0.29) is 23.0 Å². The van der Waals surface area contributed by atoms with E-state index in [0.717, 1.165) is 44.5 Å². The number of amides is 3. The summed E-state index contributed by atoms with van der Waals surface area (Å²) in [6, 6.07) is 36.4. The first-order valence-electron chi connectivity index (χ1n) is 15.8. The second-order valence-corrected chi connectivity index (χ2v) is 13.6. The molecule has 0 spiro atoms. The van der Waals surface area contributed by atoms with E-state index in [4.69, 9.17) is 4.74 Å². The quantitative estimate of drug-likeness (QED) is 0.163. The van der Waals surface area contributed by atoms with Gasteiger partial charge in [0.15, 0.2) is 0 Å². The summed E-state index contributed by atoms with van der Waals surface area (Å²) in [6.07, 6.45) is -0.848. The Labute approximate surface area is 285 Å². The van der Waals surface area contributed by atoms with E-state index < -0.39 is 40.5 Å². The minimum atomic E-state index is -4.28. The molecule has 0 saturated heterocycles. The van der Waals surface area contributed by atoms with Gasteiger partial charge in [0.25, 0.3) is 21.8 Å². The largest absolute Gasteiger partial charge is 0.449 e. The molecule has 9 nitrogen and oxygen atoms in total. The van der Waals surface area contributed by atoms with Gasteiger partial charge in [-0.25, -0.2) is 17.9 Å². The van der Waals surface area contributed by atoms with E-state index >= 15 is 0 Å². The standard InChI is InChI=1S/C39H35N3O6S/c1-25-11-15-27(16-12-25)37(28-17-13-26(2)14-18-28)41-38(44)29-19-21-30(22-20-29)49(46,47)42-36(43)23-40-39(45)48-24-35-33-9-5-3-7-31(33)32-8-4-6-10-34(32)35/h3-22,35,37H,23-24H2,1-2H3,(H,40,45)(H,41,44)(H,42,43). The maximum atomic E-state index is 13.3. The van der Waals surface area contributed by atoms with E-state index in [1.54, 1.807) is 0 Å². The lowest BCUT2D eigenvalue weighted by atomic mass is 9.96. The fourth-order valence-electron chi connectivity index (χ4n) is 5.92. The molecule has 10 heteroatoms. The van der Waals surface area contributed by atoms with Crippen LogP contribution in [0.2, 0.25) is 0 Å². The van der Waals surface area contributed by atoms with Gasteiger partial charge in [0.05, 0.1) is 10.9 Å². The molecular formula is C39H35N3O6S. The highest BCUT2D eigenvalue weighted by molar-refractivity contribution is 7.90. The lowest BCUT2D eigenvalue weighted by Crippen LogP contribution is -2.40. The summed E-state index contributed by atoms with van der Waals surface area (Å²) in [6.45, 7) is 3.41. The Morgan fingerprint density at radius 2 is 1.20 bits per heavy atom. The molecule has 3 N–H and O–H groups in total. The van der Waals surface area contributed by atoms with Gasteiger partial charge >= 0.3 is 6.09 Å². The molecule has 248 valence electrons. The summed E-state index contributed by atoms with van der Waals surface area (Å²) in [5.74, 6) is -1.51. The number of hydrogen-bond acceptors (Lipinski definition) is 6. The van der Waals surface area contributed by atoms with Gasteiger partial charge < -0.3 is 15.4 Å². The number of fused-ring (bicyclic) bond motifs is 3. The highest BCUT2D eigenvalue weighted by atomic mass is 32.2. The topological polar surface area (TPSA) is 131 Å². The number of aryl methyl sites for hydroxylation is 2. The molecule has 0 heterocycles. The van der Waals surface area contributed by atoms with E-state index in [0.29, 0.717) is 0 Å². The SMILES string of the molecule is Cc1ccc(C(NC(=O)c2ccc(S(=O)(=O)NC(=O)CNC(=O)OCC3c4ccccc4-c4ccccc43)cc2)c2ccc(C)cc2)cc1. The first-order chi connectivity index (χ1) is 23.6. The van der Waals surface area contributed by atoms with Crippen molar-refractivity contribution in [3.8, 4) is 11.1 Å². The van der Waals surface area contributed by atoms with E-state index in [1.807, 2.05) is 116 Å². The van der Waals surface area contributed by atoms with Gasteiger partial charge in [-0.1, -0.05) is 108 Å². The molecule has 0 atom stereocenters. The summed E-state index contributed by atoms with van der Waals surface area (Å²) in [7, 11) is -4.28. The second kappa shape index (κ2) is 14.2. The van der Waals surface area contributed by atoms with Gasteiger partial charge in [-0.2, -0.15) is 0 Å².